The predicted octanol–water partition coefficient (Wildman–Crippen LogP) is 7.16. The minimum atomic E-state index is -4.25. The van der Waals surface area contributed by atoms with E-state index in [0.29, 0.717) is 6.61 Å². The number of halogens is 1. The Bertz CT molecular complexity index is 569. The van der Waals surface area contributed by atoms with Crippen molar-refractivity contribution in [2.45, 2.75) is 84.2 Å². The number of unbranched alkanes of at least 4 members (excludes halogenated alkanes) is 9. The summed E-state index contributed by atoms with van der Waals surface area (Å²) in [6.45, 7) is 4.79. The van der Waals surface area contributed by atoms with Crippen molar-refractivity contribution in [3.05, 3.63) is 29.3 Å². The van der Waals surface area contributed by atoms with Gasteiger partial charge in [-0.2, -0.15) is 0 Å². The summed E-state index contributed by atoms with van der Waals surface area (Å²) in [6.07, 6.45) is 12.2. The van der Waals surface area contributed by atoms with Gasteiger partial charge in [0.25, 0.3) is 0 Å². The summed E-state index contributed by atoms with van der Waals surface area (Å²) in [5, 5.41) is 0.255. The van der Waals surface area contributed by atoms with Crippen LogP contribution in [0, 0.1) is 0 Å². The molecule has 0 spiro atoms. The van der Waals surface area contributed by atoms with Crippen molar-refractivity contribution < 1.29 is 23.2 Å². The highest BCUT2D eigenvalue weighted by Crippen LogP contribution is 2.46. The zero-order chi connectivity index (χ0) is 20.7. The molecule has 1 unspecified atom stereocenters. The van der Waals surface area contributed by atoms with Gasteiger partial charge < -0.3 is 9.26 Å². The number of benzene rings is 1. The predicted molar refractivity (Wildman–Crippen MR) is 115 cm³/mol. The molecular formula is C21H36ClO5P. The van der Waals surface area contributed by atoms with E-state index in [4.69, 9.17) is 25.4 Å². The quantitative estimate of drug-likeness (QED) is 0.208. The first-order valence-electron chi connectivity index (χ1n) is 10.5. The zero-order valence-electron chi connectivity index (χ0n) is 17.3. The number of phosphoric acid groups is 1. The minimum absolute atomic E-state index is 0.119. The van der Waals surface area contributed by atoms with E-state index in [1.54, 1.807) is 25.1 Å². The molecule has 0 aliphatic carbocycles. The van der Waals surface area contributed by atoms with Crippen molar-refractivity contribution >= 4 is 19.4 Å². The molecule has 0 heterocycles. The van der Waals surface area contributed by atoms with Crippen molar-refractivity contribution in [1.29, 1.82) is 0 Å². The molecule has 0 radical (unpaired) electrons. The van der Waals surface area contributed by atoms with Crippen LogP contribution in [0.2, 0.25) is 5.02 Å². The molecule has 1 N–H and O–H groups in total. The molecule has 0 saturated carbocycles. The maximum atomic E-state index is 12.1. The molecule has 5 nitrogen and oxygen atoms in total. The van der Waals surface area contributed by atoms with Gasteiger partial charge in [-0.15, -0.1) is 0 Å². The Balaban J connectivity index is 2.03. The SMILES string of the molecule is CCCCCCCCCCCCOC[C@H](C)OP(=O)(O)Oc1ccccc1Cl. The third-order valence-electron chi connectivity index (χ3n) is 4.36. The molecule has 162 valence electrons. The molecule has 0 aromatic heterocycles. The molecule has 28 heavy (non-hydrogen) atoms. The van der Waals surface area contributed by atoms with Gasteiger partial charge in [-0.05, 0) is 25.5 Å². The molecule has 0 aliphatic rings. The molecule has 0 fully saturated rings. The van der Waals surface area contributed by atoms with E-state index in [1.807, 2.05) is 0 Å². The molecule has 0 amide bonds. The van der Waals surface area contributed by atoms with Crippen LogP contribution in [0.4, 0.5) is 0 Å². The third-order valence-corrected chi connectivity index (χ3v) is 5.72. The van der Waals surface area contributed by atoms with Gasteiger partial charge in [-0.25, -0.2) is 4.57 Å². The van der Waals surface area contributed by atoms with Crippen LogP contribution in [0.15, 0.2) is 24.3 Å². The average Bonchev–Trinajstić information content (AvgIpc) is 2.64. The number of para-hydroxylation sites is 1. The average molecular weight is 435 g/mol. The number of hydrogen-bond acceptors (Lipinski definition) is 4. The first-order chi connectivity index (χ1) is 13.4. The Morgan fingerprint density at radius 1 is 1.00 bits per heavy atom. The second-order valence-corrected chi connectivity index (χ2v) is 8.90. The summed E-state index contributed by atoms with van der Waals surface area (Å²) in [5.74, 6) is 0.119. The van der Waals surface area contributed by atoms with Crippen molar-refractivity contribution in [2.24, 2.45) is 0 Å². The van der Waals surface area contributed by atoms with Crippen LogP contribution < -0.4 is 4.52 Å². The van der Waals surface area contributed by atoms with Gasteiger partial charge in [-0.1, -0.05) is 88.4 Å². The summed E-state index contributed by atoms with van der Waals surface area (Å²) >= 11 is 5.92. The Morgan fingerprint density at radius 3 is 2.18 bits per heavy atom. The Labute approximate surface area is 175 Å². The van der Waals surface area contributed by atoms with Crippen molar-refractivity contribution in [3.8, 4) is 5.75 Å². The van der Waals surface area contributed by atoms with E-state index >= 15 is 0 Å². The molecule has 1 aromatic carbocycles. The van der Waals surface area contributed by atoms with E-state index in [0.717, 1.165) is 12.8 Å². The molecule has 0 bridgehead atoms. The normalized spacial score (nSPS) is 14.6. The van der Waals surface area contributed by atoms with Gasteiger partial charge >= 0.3 is 7.82 Å². The van der Waals surface area contributed by atoms with Crippen LogP contribution in [0.25, 0.3) is 0 Å². The Morgan fingerprint density at radius 2 is 1.57 bits per heavy atom. The lowest BCUT2D eigenvalue weighted by atomic mass is 10.1. The molecule has 0 saturated heterocycles. The molecule has 1 aromatic rings. The van der Waals surface area contributed by atoms with Gasteiger partial charge in [0.2, 0.25) is 0 Å². The van der Waals surface area contributed by atoms with Crippen molar-refractivity contribution in [1.82, 2.24) is 0 Å². The van der Waals surface area contributed by atoms with Gasteiger partial charge in [0.1, 0.15) is 5.75 Å². The van der Waals surface area contributed by atoms with Crippen LogP contribution in [0.3, 0.4) is 0 Å². The molecular weight excluding hydrogens is 399 g/mol. The highest BCUT2D eigenvalue weighted by molar-refractivity contribution is 7.47. The molecule has 7 heteroatoms. The maximum Gasteiger partial charge on any atom is 0.527 e. The van der Waals surface area contributed by atoms with Crippen LogP contribution in [-0.2, 0) is 13.8 Å². The van der Waals surface area contributed by atoms with Crippen LogP contribution in [-0.4, -0.2) is 24.2 Å². The second kappa shape index (κ2) is 15.3. The van der Waals surface area contributed by atoms with E-state index in [9.17, 15) is 9.46 Å². The number of phosphoric ester groups is 1. The fourth-order valence-electron chi connectivity index (χ4n) is 2.86. The van der Waals surface area contributed by atoms with E-state index in [1.165, 1.54) is 57.4 Å². The van der Waals surface area contributed by atoms with Crippen LogP contribution >= 0.6 is 19.4 Å². The maximum absolute atomic E-state index is 12.1. The minimum Gasteiger partial charge on any atom is -0.403 e. The summed E-state index contributed by atoms with van der Waals surface area (Å²) in [5.41, 5.74) is 0. The van der Waals surface area contributed by atoms with E-state index < -0.39 is 13.9 Å². The van der Waals surface area contributed by atoms with Crippen molar-refractivity contribution in [3.63, 3.8) is 0 Å². The van der Waals surface area contributed by atoms with Crippen LogP contribution in [0.1, 0.15) is 78.1 Å². The fourth-order valence-corrected chi connectivity index (χ4v) is 4.06. The topological polar surface area (TPSA) is 65.0 Å². The molecule has 1 rings (SSSR count). The Hall–Kier alpha value is -0.580. The zero-order valence-corrected chi connectivity index (χ0v) is 18.9. The highest BCUT2D eigenvalue weighted by atomic mass is 35.5. The van der Waals surface area contributed by atoms with Gasteiger partial charge in [0.15, 0.2) is 0 Å². The third kappa shape index (κ3) is 12.8. The monoisotopic (exact) mass is 434 g/mol. The van der Waals surface area contributed by atoms with Crippen molar-refractivity contribution in [2.75, 3.05) is 13.2 Å². The fraction of sp³-hybridized carbons (Fsp3) is 0.714. The number of ether oxygens (including phenoxy) is 1. The van der Waals surface area contributed by atoms with Crippen LogP contribution in [0.5, 0.6) is 5.75 Å². The Kier molecular flexibility index (Phi) is 13.9. The summed E-state index contributed by atoms with van der Waals surface area (Å²) in [7, 11) is -4.25. The first kappa shape index (κ1) is 25.5. The van der Waals surface area contributed by atoms with Gasteiger partial charge in [-0.3, -0.25) is 9.42 Å². The standard InChI is InChI=1S/C21H36ClO5P/c1-3-4-5-6-7-8-9-10-11-14-17-25-18-19(2)26-28(23,24)27-21-16-13-12-15-20(21)22/h12-13,15-16,19H,3-11,14,17-18H2,1-2H3,(H,23,24)/t19-/m0/s1. The van der Waals surface area contributed by atoms with E-state index in [2.05, 4.69) is 6.92 Å². The number of rotatable bonds is 17. The lowest BCUT2D eigenvalue weighted by molar-refractivity contribution is 0.0418. The molecule has 0 aliphatic heterocycles. The smallest absolute Gasteiger partial charge is 0.403 e. The van der Waals surface area contributed by atoms with Gasteiger partial charge in [0.05, 0.1) is 17.7 Å². The lowest BCUT2D eigenvalue weighted by Gasteiger charge is -2.18. The van der Waals surface area contributed by atoms with E-state index in [-0.39, 0.29) is 17.4 Å². The summed E-state index contributed by atoms with van der Waals surface area (Å²) in [6, 6.07) is 6.47. The largest absolute Gasteiger partial charge is 0.527 e. The van der Waals surface area contributed by atoms with Gasteiger partial charge in [0, 0.05) is 6.61 Å². The first-order valence-corrected chi connectivity index (χ1v) is 12.3. The molecule has 2 atom stereocenters. The number of hydrogen-bond donors (Lipinski definition) is 1. The summed E-state index contributed by atoms with van der Waals surface area (Å²) in [4.78, 5) is 9.85. The lowest BCUT2D eigenvalue weighted by Crippen LogP contribution is -2.16. The second-order valence-electron chi connectivity index (χ2n) is 7.16. The summed E-state index contributed by atoms with van der Waals surface area (Å²) < 4.78 is 27.7. The highest BCUT2D eigenvalue weighted by Gasteiger charge is 2.27.